The maximum Gasteiger partial charge on any atom is 0.323 e. The average Bonchev–Trinajstić information content (AvgIpc) is 1.54. The Labute approximate surface area is 539 Å². The van der Waals surface area contributed by atoms with Gasteiger partial charge >= 0.3 is 17.5 Å². The second kappa shape index (κ2) is 22.2. The van der Waals surface area contributed by atoms with Crippen LogP contribution in [0.15, 0.2) is 182 Å². The number of nitrogens with zero attached hydrogens (tertiary/aromatic N) is 9. The maximum atomic E-state index is 7.08. The molecule has 3 aromatic heterocycles. The van der Waals surface area contributed by atoms with Crippen molar-refractivity contribution in [2.45, 2.75) is 104 Å². The Morgan fingerprint density at radius 3 is 1.13 bits per heavy atom. The van der Waals surface area contributed by atoms with E-state index < -0.39 is 0 Å². The highest BCUT2D eigenvalue weighted by atomic mass is 16.7. The summed E-state index contributed by atoms with van der Waals surface area (Å²) in [5, 5.41) is 0. The third-order valence-electron chi connectivity index (χ3n) is 21.2. The Hall–Kier alpha value is -9.81. The topological polar surface area (TPSA) is 58.8 Å². The highest BCUT2D eigenvalue weighted by Gasteiger charge is 2.47. The van der Waals surface area contributed by atoms with Gasteiger partial charge in [0, 0.05) is 54.5 Å². The Morgan fingerprint density at radius 2 is 0.707 bits per heavy atom. The van der Waals surface area contributed by atoms with E-state index in [4.69, 9.17) is 14.5 Å². The number of aromatic nitrogens is 3. The van der Waals surface area contributed by atoms with Crippen LogP contribution >= 0.6 is 0 Å². The highest BCUT2D eigenvalue weighted by molar-refractivity contribution is 5.96. The van der Waals surface area contributed by atoms with Crippen LogP contribution in [0.3, 0.4) is 0 Å². The number of anilines is 9. The van der Waals surface area contributed by atoms with Crippen LogP contribution in [0.4, 0.5) is 51.6 Å². The van der Waals surface area contributed by atoms with Crippen molar-refractivity contribution < 1.29 is 28.7 Å². The molecule has 10 aliphatic rings. The van der Waals surface area contributed by atoms with Crippen molar-refractivity contribution in [3.63, 3.8) is 0 Å². The van der Waals surface area contributed by atoms with Crippen LogP contribution < -0.4 is 58.1 Å². The van der Waals surface area contributed by atoms with Crippen molar-refractivity contribution >= 4 is 51.6 Å². The van der Waals surface area contributed by atoms with Gasteiger partial charge in [0.15, 0.2) is 20.0 Å². The molecule has 1 unspecified atom stereocenters. The normalized spacial score (nSPS) is 17.6. The second-order valence-electron chi connectivity index (χ2n) is 27.2. The fourth-order valence-corrected chi connectivity index (χ4v) is 16.1. The molecule has 0 N–H and O–H groups in total. The van der Waals surface area contributed by atoms with Crippen molar-refractivity contribution in [1.82, 2.24) is 0 Å². The zero-order valence-corrected chi connectivity index (χ0v) is 53.1. The van der Waals surface area contributed by atoms with Gasteiger partial charge in [-0.25, -0.2) is 14.7 Å². The van der Waals surface area contributed by atoms with Crippen LogP contribution in [0.25, 0.3) is 33.4 Å². The average molecular weight is 1210 g/mol. The van der Waals surface area contributed by atoms with Gasteiger partial charge in [-0.2, -0.15) is 0 Å². The van der Waals surface area contributed by atoms with Gasteiger partial charge in [0.1, 0.15) is 18.6 Å². The Kier molecular flexibility index (Phi) is 13.3. The molecule has 0 fully saturated rings. The smallest absolute Gasteiger partial charge is 0.323 e. The number of benzene rings is 7. The quantitative estimate of drug-likeness (QED) is 0.161. The molecule has 10 aromatic rings. The molecule has 7 aromatic carbocycles. The predicted molar refractivity (Wildman–Crippen MR) is 365 cm³/mol. The van der Waals surface area contributed by atoms with Crippen LogP contribution in [0, 0.1) is 26.7 Å². The first kappa shape index (κ1) is 55.1. The summed E-state index contributed by atoms with van der Waals surface area (Å²) in [6.45, 7) is 11.6. The summed E-state index contributed by atoms with van der Waals surface area (Å²) in [5.41, 5.74) is 26.3. The molecule has 0 spiro atoms. The summed E-state index contributed by atoms with van der Waals surface area (Å²) >= 11 is 0. The first-order chi connectivity index (χ1) is 45.2. The summed E-state index contributed by atoms with van der Waals surface area (Å²) < 4.78 is 6.08. The number of hydrogen-bond donors (Lipinski definition) is 0. The standard InChI is InChI=1S/C80H78N9O3/c1-53-13-24-62(25-14-53)66-31-34-69-75-78(66)91-88-44-38-59-21-19-56-8-4-9-58-37-43-87-72(47-58)84-52-83(71-36-33-67(79(90-87)76(71)84)63-26-15-54(2)16-27-63)42-7-12-65-46-57(10-5-40-81(69)50-85(75)73(88)48-59)23-30-61(65)11-6-41-82-51-86-74-49-60(22-20-56)39-45-89(74)92-80-68(32-35-70(82)77(80)86)64-28-17-55(3)18-29-64/h13-18,23-39,43-49,56H,4-12,19-22,40-42,50-52H2,1-3H3/q+3. The van der Waals surface area contributed by atoms with Crippen molar-refractivity contribution in [2.24, 2.45) is 5.92 Å². The Morgan fingerprint density at radius 1 is 0.337 bits per heavy atom. The van der Waals surface area contributed by atoms with Gasteiger partial charge in [0.25, 0.3) is 0 Å². The molecule has 0 amide bonds. The van der Waals surface area contributed by atoms with E-state index >= 15 is 0 Å². The molecule has 20 rings (SSSR count). The summed E-state index contributed by atoms with van der Waals surface area (Å²) in [6, 6.07) is 62.3. The SMILES string of the molecule is Cc1ccc(-c2ccc3c4c2O[n+]2ccc5cc2N4CN3CCCc2ccc3c(c2)CCCN2CN4c6c2ccc(-c2ccc(C)cc2)c6O[n+]2ccc(cc24)CCCC(CC5)CCc2cc[n+]4c(c2)N2CN(CCC3)c3ccc(-c5ccc(C)cc5)c(c32)O4)cc1. The highest BCUT2D eigenvalue weighted by Crippen LogP contribution is 2.55. The lowest BCUT2D eigenvalue weighted by Gasteiger charge is -2.24. The van der Waals surface area contributed by atoms with E-state index in [2.05, 4.69) is 233 Å². The van der Waals surface area contributed by atoms with Crippen LogP contribution in [0.2, 0.25) is 0 Å². The van der Waals surface area contributed by atoms with Crippen molar-refractivity contribution in [3.8, 4) is 50.6 Å². The first-order valence-corrected chi connectivity index (χ1v) is 33.8. The Bertz CT molecular complexity index is 4580. The van der Waals surface area contributed by atoms with E-state index in [1.165, 1.54) is 101 Å². The maximum absolute atomic E-state index is 7.08. The van der Waals surface area contributed by atoms with Crippen LogP contribution in [-0.2, 0) is 38.5 Å². The third kappa shape index (κ3) is 9.57. The second-order valence-corrected chi connectivity index (χ2v) is 27.2. The molecule has 12 nitrogen and oxygen atoms in total. The van der Waals surface area contributed by atoms with E-state index in [9.17, 15) is 0 Å². The zero-order valence-electron chi connectivity index (χ0n) is 53.1. The van der Waals surface area contributed by atoms with E-state index in [-0.39, 0.29) is 0 Å². The summed E-state index contributed by atoms with van der Waals surface area (Å²) in [7, 11) is 0. The molecule has 10 aliphatic heterocycles. The van der Waals surface area contributed by atoms with E-state index in [0.717, 1.165) is 175 Å². The van der Waals surface area contributed by atoms with Crippen LogP contribution in [0.1, 0.15) is 95.0 Å². The predicted octanol–water partition coefficient (Wildman–Crippen LogP) is 15.4. The molecule has 458 valence electrons. The number of fused-ring (bicyclic) bond motifs is 5. The van der Waals surface area contributed by atoms with Gasteiger partial charge < -0.3 is 14.7 Å². The van der Waals surface area contributed by atoms with Gasteiger partial charge in [-0.3, -0.25) is 14.5 Å². The van der Waals surface area contributed by atoms with Crippen LogP contribution in [-0.4, -0.2) is 39.6 Å². The van der Waals surface area contributed by atoms with Crippen molar-refractivity contribution in [1.29, 1.82) is 0 Å². The van der Waals surface area contributed by atoms with Gasteiger partial charge in [0.05, 0.1) is 17.1 Å². The number of rotatable bonds is 3. The third-order valence-corrected chi connectivity index (χ3v) is 21.2. The molecule has 1 atom stereocenters. The summed E-state index contributed by atoms with van der Waals surface area (Å²) in [4.78, 5) is 36.6. The minimum absolute atomic E-state index is 0.488. The molecular formula is C80H78N9O3+3. The number of pyridine rings is 3. The largest absolute Gasteiger partial charge is 0.332 e. The molecule has 13 heterocycles. The molecule has 12 heteroatoms. The fourth-order valence-electron chi connectivity index (χ4n) is 16.1. The number of aryl methyl sites for hydroxylation is 9. The minimum Gasteiger partial charge on any atom is -0.332 e. The van der Waals surface area contributed by atoms with Gasteiger partial charge in [-0.1, -0.05) is 114 Å². The van der Waals surface area contributed by atoms with Gasteiger partial charge in [0.2, 0.25) is 34.3 Å². The first-order valence-electron chi connectivity index (χ1n) is 33.8. The molecule has 16 bridgehead atoms. The zero-order chi connectivity index (χ0) is 61.1. The lowest BCUT2D eigenvalue weighted by molar-refractivity contribution is -0.866. The minimum atomic E-state index is 0.488. The summed E-state index contributed by atoms with van der Waals surface area (Å²) in [6.07, 6.45) is 19.9. The molecule has 0 saturated carbocycles. The molecular weight excluding hydrogens is 1130 g/mol. The van der Waals surface area contributed by atoms with E-state index in [1.807, 2.05) is 14.2 Å². The number of hydrogen-bond acceptors (Lipinski definition) is 9. The summed E-state index contributed by atoms with van der Waals surface area (Å²) in [5.74, 6) is 6.55. The fraction of sp³-hybridized carbons (Fsp3) is 0.287. The molecule has 0 aliphatic carbocycles. The van der Waals surface area contributed by atoms with Crippen molar-refractivity contribution in [3.05, 3.63) is 232 Å². The molecule has 92 heavy (non-hydrogen) atoms. The lowest BCUT2D eigenvalue weighted by atomic mass is 9.88. The van der Waals surface area contributed by atoms with Gasteiger partial charge in [-0.15, -0.1) is 0 Å². The van der Waals surface area contributed by atoms with Crippen molar-refractivity contribution in [2.75, 3.05) is 69.0 Å². The monoisotopic (exact) mass is 1210 g/mol. The molecule has 0 saturated heterocycles. The molecule has 0 radical (unpaired) electrons. The Balaban J connectivity index is 0.743. The lowest BCUT2D eigenvalue weighted by Crippen LogP contribution is -2.48. The van der Waals surface area contributed by atoms with Crippen LogP contribution in [0.5, 0.6) is 17.2 Å². The van der Waals surface area contributed by atoms with Gasteiger partial charge in [-0.05, 0) is 223 Å². The van der Waals surface area contributed by atoms with E-state index in [1.54, 1.807) is 0 Å². The van der Waals surface area contributed by atoms with E-state index in [0.29, 0.717) is 5.92 Å².